The minimum absolute atomic E-state index is 0.127. The van der Waals surface area contributed by atoms with Crippen LogP contribution in [-0.4, -0.2) is 29.1 Å². The molecular formula is C15H17N3O4. The fraction of sp³-hybridized carbons (Fsp3) is 0.267. The molecule has 7 heteroatoms. The van der Waals surface area contributed by atoms with Gasteiger partial charge in [0.2, 0.25) is 5.91 Å². The van der Waals surface area contributed by atoms with Crippen molar-refractivity contribution in [3.8, 4) is 5.75 Å². The summed E-state index contributed by atoms with van der Waals surface area (Å²) in [5.41, 5.74) is -0.0127. The number of benzene rings is 1. The summed E-state index contributed by atoms with van der Waals surface area (Å²) in [6, 6.07) is 8.77. The van der Waals surface area contributed by atoms with Crippen molar-refractivity contribution in [1.29, 1.82) is 0 Å². The lowest BCUT2D eigenvalue weighted by molar-refractivity contribution is -0.121. The van der Waals surface area contributed by atoms with Gasteiger partial charge >= 0.3 is 5.69 Å². The molecule has 1 amide bonds. The van der Waals surface area contributed by atoms with Crippen LogP contribution in [-0.2, 0) is 17.8 Å². The van der Waals surface area contributed by atoms with E-state index in [0.29, 0.717) is 13.0 Å². The Hall–Kier alpha value is -2.83. The molecule has 1 heterocycles. The first-order valence-corrected chi connectivity index (χ1v) is 6.78. The lowest BCUT2D eigenvalue weighted by Gasteiger charge is -2.07. The summed E-state index contributed by atoms with van der Waals surface area (Å²) in [5, 5.41) is 2.73. The maximum absolute atomic E-state index is 11.8. The van der Waals surface area contributed by atoms with Gasteiger partial charge in [-0.15, -0.1) is 0 Å². The number of nitrogens with one attached hydrogen (secondary N) is 2. The number of methoxy groups -OCH3 is 1. The zero-order valence-corrected chi connectivity index (χ0v) is 12.2. The number of aromatic nitrogens is 2. The van der Waals surface area contributed by atoms with E-state index in [-0.39, 0.29) is 12.5 Å². The number of aromatic amines is 1. The Morgan fingerprint density at radius 2 is 1.95 bits per heavy atom. The second-order valence-corrected chi connectivity index (χ2v) is 4.69. The maximum atomic E-state index is 11.8. The number of ether oxygens (including phenoxy) is 1. The summed E-state index contributed by atoms with van der Waals surface area (Å²) in [6.45, 7) is 0.335. The van der Waals surface area contributed by atoms with Gasteiger partial charge in [0.15, 0.2) is 0 Å². The molecule has 1 aromatic carbocycles. The van der Waals surface area contributed by atoms with Crippen molar-refractivity contribution in [1.82, 2.24) is 14.9 Å². The van der Waals surface area contributed by atoms with E-state index >= 15 is 0 Å². The molecule has 0 spiro atoms. The van der Waals surface area contributed by atoms with Crippen molar-refractivity contribution in [3.05, 3.63) is 62.9 Å². The molecule has 7 nitrogen and oxygen atoms in total. The number of amides is 1. The van der Waals surface area contributed by atoms with Crippen LogP contribution in [0.3, 0.4) is 0 Å². The van der Waals surface area contributed by atoms with Crippen molar-refractivity contribution >= 4 is 5.91 Å². The van der Waals surface area contributed by atoms with Gasteiger partial charge in [0.1, 0.15) is 12.3 Å². The zero-order chi connectivity index (χ0) is 15.9. The van der Waals surface area contributed by atoms with E-state index in [0.717, 1.165) is 15.9 Å². The van der Waals surface area contributed by atoms with Crippen molar-refractivity contribution < 1.29 is 9.53 Å². The van der Waals surface area contributed by atoms with Gasteiger partial charge in [-0.3, -0.25) is 19.1 Å². The molecule has 2 N–H and O–H groups in total. The van der Waals surface area contributed by atoms with Crippen molar-refractivity contribution in [2.75, 3.05) is 13.7 Å². The van der Waals surface area contributed by atoms with Crippen molar-refractivity contribution in [2.24, 2.45) is 0 Å². The molecule has 0 aliphatic heterocycles. The van der Waals surface area contributed by atoms with Crippen LogP contribution in [0.25, 0.3) is 0 Å². The Kier molecular flexibility index (Phi) is 5.13. The predicted molar refractivity (Wildman–Crippen MR) is 81.0 cm³/mol. The molecule has 2 aromatic rings. The smallest absolute Gasteiger partial charge is 0.328 e. The van der Waals surface area contributed by atoms with E-state index in [2.05, 4.69) is 10.3 Å². The minimum Gasteiger partial charge on any atom is -0.497 e. The molecular weight excluding hydrogens is 286 g/mol. The van der Waals surface area contributed by atoms with E-state index < -0.39 is 11.2 Å². The van der Waals surface area contributed by atoms with Gasteiger partial charge in [0.05, 0.1) is 7.11 Å². The summed E-state index contributed by atoms with van der Waals surface area (Å²) in [5.74, 6) is 0.493. The summed E-state index contributed by atoms with van der Waals surface area (Å²) in [6.07, 6.45) is 1.97. The van der Waals surface area contributed by atoms with Gasteiger partial charge in [-0.25, -0.2) is 4.79 Å². The topological polar surface area (TPSA) is 93.2 Å². The van der Waals surface area contributed by atoms with Gasteiger partial charge in [-0.05, 0) is 24.1 Å². The third-order valence-corrected chi connectivity index (χ3v) is 3.11. The Balaban J connectivity index is 1.82. The van der Waals surface area contributed by atoms with Gasteiger partial charge in [0, 0.05) is 18.8 Å². The molecule has 0 saturated heterocycles. The first kappa shape index (κ1) is 15.6. The van der Waals surface area contributed by atoms with E-state index in [1.807, 2.05) is 24.3 Å². The van der Waals surface area contributed by atoms with Crippen molar-refractivity contribution in [3.63, 3.8) is 0 Å². The highest BCUT2D eigenvalue weighted by Gasteiger charge is 2.04. The highest BCUT2D eigenvalue weighted by Crippen LogP contribution is 2.11. The number of rotatable bonds is 6. The van der Waals surface area contributed by atoms with Crippen LogP contribution >= 0.6 is 0 Å². The largest absolute Gasteiger partial charge is 0.497 e. The third kappa shape index (κ3) is 4.34. The molecule has 0 saturated carbocycles. The number of hydrogen-bond donors (Lipinski definition) is 2. The third-order valence-electron chi connectivity index (χ3n) is 3.11. The molecule has 0 unspecified atom stereocenters. The normalized spacial score (nSPS) is 10.2. The lowest BCUT2D eigenvalue weighted by atomic mass is 10.1. The quantitative estimate of drug-likeness (QED) is 0.779. The van der Waals surface area contributed by atoms with Crippen LogP contribution < -0.4 is 21.3 Å². The number of nitrogens with zero attached hydrogens (tertiary/aromatic N) is 1. The highest BCUT2D eigenvalue weighted by atomic mass is 16.5. The second-order valence-electron chi connectivity index (χ2n) is 4.69. The van der Waals surface area contributed by atoms with Crippen LogP contribution in [0, 0.1) is 0 Å². The van der Waals surface area contributed by atoms with Crippen LogP contribution in [0.2, 0.25) is 0 Å². The molecule has 0 fully saturated rings. The Morgan fingerprint density at radius 1 is 1.23 bits per heavy atom. The SMILES string of the molecule is COc1ccc(CCNC(=O)Cn2ccc(=O)[nH]c2=O)cc1. The predicted octanol–water partition coefficient (Wildman–Crippen LogP) is -0.0959. The van der Waals surface area contributed by atoms with Gasteiger partial charge in [-0.2, -0.15) is 0 Å². The number of carbonyl (C=O) groups is 1. The molecule has 1 aromatic heterocycles. The molecule has 0 aliphatic rings. The zero-order valence-electron chi connectivity index (χ0n) is 12.2. The average Bonchev–Trinajstić information content (AvgIpc) is 2.51. The van der Waals surface area contributed by atoms with Gasteiger partial charge < -0.3 is 10.1 Å². The second kappa shape index (κ2) is 7.26. The monoisotopic (exact) mass is 303 g/mol. The number of hydrogen-bond acceptors (Lipinski definition) is 4. The van der Waals surface area contributed by atoms with Crippen LogP contribution in [0.15, 0.2) is 46.1 Å². The Bertz CT molecular complexity index is 746. The molecule has 0 atom stereocenters. The van der Waals surface area contributed by atoms with Crippen LogP contribution in [0.1, 0.15) is 5.56 Å². The van der Waals surface area contributed by atoms with Gasteiger partial charge in [0.25, 0.3) is 5.56 Å². The first-order chi connectivity index (χ1) is 10.6. The Labute approximate surface area is 126 Å². The van der Waals surface area contributed by atoms with Crippen LogP contribution in [0.5, 0.6) is 5.75 Å². The standard InChI is InChI=1S/C15H17N3O4/c1-22-12-4-2-11(3-5-12)6-8-16-14(20)10-18-9-7-13(19)17-15(18)21/h2-5,7,9H,6,8,10H2,1H3,(H,16,20)(H,17,19,21). The molecule has 0 bridgehead atoms. The van der Waals surface area contributed by atoms with E-state index in [1.54, 1.807) is 7.11 Å². The highest BCUT2D eigenvalue weighted by molar-refractivity contribution is 5.75. The lowest BCUT2D eigenvalue weighted by Crippen LogP contribution is -2.36. The molecule has 0 radical (unpaired) electrons. The van der Waals surface area contributed by atoms with E-state index in [4.69, 9.17) is 4.74 Å². The maximum Gasteiger partial charge on any atom is 0.328 e. The molecule has 22 heavy (non-hydrogen) atoms. The van der Waals surface area contributed by atoms with Crippen LogP contribution in [0.4, 0.5) is 0 Å². The first-order valence-electron chi connectivity index (χ1n) is 6.78. The fourth-order valence-electron chi connectivity index (χ4n) is 1.92. The van der Waals surface area contributed by atoms with Crippen molar-refractivity contribution in [2.45, 2.75) is 13.0 Å². The van der Waals surface area contributed by atoms with E-state index in [1.165, 1.54) is 12.3 Å². The number of H-pyrrole nitrogens is 1. The van der Waals surface area contributed by atoms with E-state index in [9.17, 15) is 14.4 Å². The summed E-state index contributed by atoms with van der Waals surface area (Å²) < 4.78 is 6.21. The Morgan fingerprint density at radius 3 is 2.59 bits per heavy atom. The average molecular weight is 303 g/mol. The minimum atomic E-state index is -0.599. The molecule has 2 rings (SSSR count). The summed E-state index contributed by atoms with van der Waals surface area (Å²) in [7, 11) is 1.61. The summed E-state index contributed by atoms with van der Waals surface area (Å²) >= 11 is 0. The number of carbonyl (C=O) groups excluding carboxylic acids is 1. The fourth-order valence-corrected chi connectivity index (χ4v) is 1.92. The summed E-state index contributed by atoms with van der Waals surface area (Å²) in [4.78, 5) is 36.2. The van der Waals surface area contributed by atoms with Gasteiger partial charge in [-0.1, -0.05) is 12.1 Å². The molecule has 0 aliphatic carbocycles. The molecule has 116 valence electrons.